The Labute approximate surface area is 197 Å². The van der Waals surface area contributed by atoms with Crippen LogP contribution in [0.3, 0.4) is 0 Å². The Balaban J connectivity index is 1.78. The van der Waals surface area contributed by atoms with E-state index < -0.39 is 6.03 Å². The molecular formula is C28H49N3O. The van der Waals surface area contributed by atoms with Crippen molar-refractivity contribution in [2.45, 2.75) is 105 Å². The molecule has 3 fully saturated rings. The molecule has 0 aromatic heterocycles. The maximum absolute atomic E-state index is 11.3. The average Bonchev–Trinajstić information content (AvgIpc) is 3.08. The van der Waals surface area contributed by atoms with Crippen LogP contribution < -0.4 is 11.2 Å². The van der Waals surface area contributed by atoms with Gasteiger partial charge < -0.3 is 5.73 Å². The van der Waals surface area contributed by atoms with Gasteiger partial charge in [0.1, 0.15) is 0 Å². The summed E-state index contributed by atoms with van der Waals surface area (Å²) in [6.45, 7) is 16.3. The van der Waals surface area contributed by atoms with Gasteiger partial charge in [0.2, 0.25) is 0 Å². The Morgan fingerprint density at radius 3 is 2.59 bits per heavy atom. The van der Waals surface area contributed by atoms with Gasteiger partial charge in [-0.25, -0.2) is 10.2 Å². The van der Waals surface area contributed by atoms with Gasteiger partial charge in [-0.05, 0) is 92.3 Å². The second-order valence-corrected chi connectivity index (χ2v) is 12.2. The van der Waals surface area contributed by atoms with E-state index in [0.717, 1.165) is 54.6 Å². The first-order chi connectivity index (χ1) is 15.1. The topological polar surface area (TPSA) is 67.5 Å². The van der Waals surface area contributed by atoms with Crippen LogP contribution in [0.1, 0.15) is 105 Å². The minimum absolute atomic E-state index is 0.0296. The fraction of sp³-hybridized carbons (Fsp3) is 0.857. The highest BCUT2D eigenvalue weighted by molar-refractivity contribution is 5.92. The van der Waals surface area contributed by atoms with E-state index in [1.165, 1.54) is 51.4 Å². The average molecular weight is 444 g/mol. The van der Waals surface area contributed by atoms with Crippen molar-refractivity contribution in [2.24, 2.45) is 57.2 Å². The molecule has 0 heterocycles. The van der Waals surface area contributed by atoms with Crippen molar-refractivity contribution in [3.63, 3.8) is 0 Å². The predicted octanol–water partition coefficient (Wildman–Crippen LogP) is 7.30. The lowest BCUT2D eigenvalue weighted by molar-refractivity contribution is -0.0439. The van der Waals surface area contributed by atoms with Crippen molar-refractivity contribution in [3.8, 4) is 0 Å². The largest absolute Gasteiger partial charge is 0.350 e. The summed E-state index contributed by atoms with van der Waals surface area (Å²) in [6, 6.07) is -0.563. The third-order valence-electron chi connectivity index (χ3n) is 10.00. The molecule has 3 saturated carbocycles. The van der Waals surface area contributed by atoms with Crippen LogP contribution in [0.15, 0.2) is 17.8 Å². The maximum atomic E-state index is 11.3. The highest BCUT2D eigenvalue weighted by Crippen LogP contribution is 2.66. The van der Waals surface area contributed by atoms with Crippen molar-refractivity contribution < 1.29 is 4.79 Å². The number of rotatable bonds is 9. The van der Waals surface area contributed by atoms with E-state index in [1.807, 2.05) is 6.08 Å². The van der Waals surface area contributed by atoms with E-state index in [-0.39, 0.29) is 5.41 Å². The lowest BCUT2D eigenvalue weighted by Crippen LogP contribution is -2.53. The Morgan fingerprint density at radius 2 is 1.94 bits per heavy atom. The van der Waals surface area contributed by atoms with Crippen LogP contribution in [-0.2, 0) is 0 Å². The van der Waals surface area contributed by atoms with Crippen LogP contribution in [-0.4, -0.2) is 11.7 Å². The Hall–Kier alpha value is -1.32. The molecule has 0 saturated heterocycles. The minimum atomic E-state index is -0.563. The van der Waals surface area contributed by atoms with Crippen molar-refractivity contribution in [1.82, 2.24) is 5.43 Å². The first-order valence-electron chi connectivity index (χ1n) is 13.4. The Kier molecular flexibility index (Phi) is 8.15. The molecule has 0 aliphatic heterocycles. The molecule has 0 aromatic rings. The number of fused-ring (bicyclic) bond motifs is 3. The number of hydrazone groups is 1. The zero-order chi connectivity index (χ0) is 23.5. The third kappa shape index (κ3) is 4.94. The van der Waals surface area contributed by atoms with E-state index in [1.54, 1.807) is 0 Å². The van der Waals surface area contributed by atoms with Crippen LogP contribution in [0.2, 0.25) is 0 Å². The summed E-state index contributed by atoms with van der Waals surface area (Å²) in [5.74, 6) is 4.81. The molecule has 2 amide bonds. The fourth-order valence-electron chi connectivity index (χ4n) is 8.35. The molecule has 3 aliphatic rings. The monoisotopic (exact) mass is 443 g/mol. The molecule has 0 radical (unpaired) electrons. The smallest absolute Gasteiger partial charge is 0.332 e. The zero-order valence-electron chi connectivity index (χ0n) is 21.5. The molecular weight excluding hydrogens is 394 g/mol. The zero-order valence-corrected chi connectivity index (χ0v) is 21.5. The number of carbonyl (C=O) groups excluding carboxylic acids is 1. The number of nitrogens with zero attached hydrogens (tertiary/aromatic N) is 1. The van der Waals surface area contributed by atoms with Gasteiger partial charge in [-0.3, -0.25) is 0 Å². The summed E-state index contributed by atoms with van der Waals surface area (Å²) in [4.78, 5) is 11.3. The van der Waals surface area contributed by atoms with Crippen molar-refractivity contribution in [3.05, 3.63) is 12.7 Å². The molecule has 7 atom stereocenters. The third-order valence-corrected chi connectivity index (χ3v) is 10.00. The molecule has 4 nitrogen and oxygen atoms in total. The quantitative estimate of drug-likeness (QED) is 0.285. The SMILES string of the molecule is C=CCCC1(C)C(=NNC(N)=O)CCC2C1CCC1(C)C(C(C)CCCC(C)C)CCC21. The van der Waals surface area contributed by atoms with Gasteiger partial charge >= 0.3 is 6.03 Å². The summed E-state index contributed by atoms with van der Waals surface area (Å²) in [7, 11) is 0. The molecule has 182 valence electrons. The molecule has 0 aromatic carbocycles. The van der Waals surface area contributed by atoms with E-state index >= 15 is 0 Å². The molecule has 4 heteroatoms. The van der Waals surface area contributed by atoms with Gasteiger partial charge in [0, 0.05) is 11.1 Å². The Morgan fingerprint density at radius 1 is 1.19 bits per heavy atom. The first kappa shape index (κ1) is 25.3. The Bertz CT molecular complexity index is 701. The molecule has 3 aliphatic carbocycles. The number of amides is 2. The minimum Gasteiger partial charge on any atom is -0.350 e. The van der Waals surface area contributed by atoms with E-state index in [4.69, 9.17) is 5.73 Å². The summed E-state index contributed by atoms with van der Waals surface area (Å²) in [5, 5.41) is 4.53. The van der Waals surface area contributed by atoms with Crippen molar-refractivity contribution in [1.29, 1.82) is 0 Å². The number of carbonyl (C=O) groups is 1. The van der Waals surface area contributed by atoms with Crippen molar-refractivity contribution in [2.75, 3.05) is 0 Å². The fourth-order valence-corrected chi connectivity index (χ4v) is 8.35. The second kappa shape index (κ2) is 10.3. The first-order valence-corrected chi connectivity index (χ1v) is 13.4. The predicted molar refractivity (Wildman–Crippen MR) is 135 cm³/mol. The molecule has 3 rings (SSSR count). The summed E-state index contributed by atoms with van der Waals surface area (Å²) < 4.78 is 0. The van der Waals surface area contributed by atoms with Crippen LogP contribution in [0.25, 0.3) is 0 Å². The molecule has 3 N–H and O–H groups in total. The number of urea groups is 1. The highest BCUT2D eigenvalue weighted by atomic mass is 16.2. The lowest BCUT2D eigenvalue weighted by atomic mass is 9.47. The van der Waals surface area contributed by atoms with E-state index in [2.05, 4.69) is 51.7 Å². The van der Waals surface area contributed by atoms with Gasteiger partial charge in [0.25, 0.3) is 0 Å². The number of nitrogens with two attached hydrogens (primary N) is 1. The second-order valence-electron chi connectivity index (χ2n) is 12.2. The molecule has 7 unspecified atom stereocenters. The summed E-state index contributed by atoms with van der Waals surface area (Å²) in [6.07, 6.45) is 15.9. The highest BCUT2D eigenvalue weighted by Gasteiger charge is 2.59. The number of primary amides is 1. The molecule has 0 bridgehead atoms. The molecule has 32 heavy (non-hydrogen) atoms. The van der Waals surface area contributed by atoms with Crippen LogP contribution >= 0.6 is 0 Å². The number of hydrogen-bond donors (Lipinski definition) is 2. The van der Waals surface area contributed by atoms with E-state index in [9.17, 15) is 4.79 Å². The van der Waals surface area contributed by atoms with Crippen LogP contribution in [0.4, 0.5) is 4.79 Å². The number of nitrogens with one attached hydrogen (secondary N) is 1. The van der Waals surface area contributed by atoms with Crippen LogP contribution in [0, 0.1) is 46.3 Å². The number of hydrogen-bond acceptors (Lipinski definition) is 2. The normalized spacial score (nSPS) is 38.9. The van der Waals surface area contributed by atoms with E-state index in [0.29, 0.717) is 11.3 Å². The van der Waals surface area contributed by atoms with Gasteiger partial charge in [-0.1, -0.05) is 60.0 Å². The van der Waals surface area contributed by atoms with Gasteiger partial charge in [0.05, 0.1) is 0 Å². The summed E-state index contributed by atoms with van der Waals surface area (Å²) >= 11 is 0. The van der Waals surface area contributed by atoms with Crippen LogP contribution in [0.5, 0.6) is 0 Å². The van der Waals surface area contributed by atoms with Gasteiger partial charge in [-0.2, -0.15) is 5.10 Å². The standard InChI is InChI=1S/C28H49N3O/c1-7-8-17-28(6)24-16-18-27(5)22(20(4)11-9-10-19(2)3)13-14-23(27)21(24)12-15-25(28)30-31-26(29)32/h7,19-24H,1,8-18H2,2-6H3,(H3,29,31,32). The lowest BCUT2D eigenvalue weighted by Gasteiger charge is -2.57. The van der Waals surface area contributed by atoms with Gasteiger partial charge in [-0.15, -0.1) is 6.58 Å². The maximum Gasteiger partial charge on any atom is 0.332 e. The van der Waals surface area contributed by atoms with Crippen molar-refractivity contribution >= 4 is 11.7 Å². The van der Waals surface area contributed by atoms with Gasteiger partial charge in [0.15, 0.2) is 0 Å². The number of allylic oxidation sites excluding steroid dienone is 1. The summed E-state index contributed by atoms with van der Waals surface area (Å²) in [5.41, 5.74) is 9.57. The molecule has 0 spiro atoms.